The van der Waals surface area contributed by atoms with Crippen molar-refractivity contribution in [3.63, 3.8) is 0 Å². The third kappa shape index (κ3) is 2.69. The number of rotatable bonds is 1. The average Bonchev–Trinajstić information content (AvgIpc) is 2.52. The lowest BCUT2D eigenvalue weighted by Crippen LogP contribution is -2.17. The van der Waals surface area contributed by atoms with Gasteiger partial charge in [-0.2, -0.15) is 13.2 Å². The van der Waals surface area contributed by atoms with Gasteiger partial charge in [-0.25, -0.2) is 18.7 Å². The summed E-state index contributed by atoms with van der Waals surface area (Å²) in [5.74, 6) is -3.81. The first-order chi connectivity index (χ1) is 11.6. The predicted molar refractivity (Wildman–Crippen MR) is 79.5 cm³/mol. The predicted octanol–water partition coefficient (Wildman–Crippen LogP) is 2.87. The largest absolute Gasteiger partial charge is 0.437 e. The first-order valence-electron chi connectivity index (χ1n) is 6.78. The van der Waals surface area contributed by atoms with Gasteiger partial charge >= 0.3 is 6.18 Å². The first kappa shape index (κ1) is 16.8. The van der Waals surface area contributed by atoms with Gasteiger partial charge in [0, 0.05) is 18.8 Å². The Morgan fingerprint density at radius 3 is 2.48 bits per heavy atom. The van der Waals surface area contributed by atoms with Crippen LogP contribution in [-0.2, 0) is 13.2 Å². The topological polar surface area (TPSA) is 73.8 Å². The molecule has 0 aliphatic carbocycles. The van der Waals surface area contributed by atoms with Gasteiger partial charge in [0.1, 0.15) is 0 Å². The van der Waals surface area contributed by atoms with E-state index in [1.807, 2.05) is 0 Å². The van der Waals surface area contributed by atoms with Crippen LogP contribution in [0.4, 0.5) is 27.8 Å². The van der Waals surface area contributed by atoms with Crippen LogP contribution in [0.1, 0.15) is 5.69 Å². The van der Waals surface area contributed by atoms with E-state index in [4.69, 9.17) is 5.73 Å². The molecule has 0 saturated carbocycles. The number of fused-ring (bicyclic) bond motifs is 1. The monoisotopic (exact) mass is 356 g/mol. The molecular formula is C15H9F5N4O. The molecule has 0 fully saturated rings. The molecule has 0 aliphatic heterocycles. The van der Waals surface area contributed by atoms with Crippen LogP contribution in [0.15, 0.2) is 29.3 Å². The highest BCUT2D eigenvalue weighted by Crippen LogP contribution is 2.33. The van der Waals surface area contributed by atoms with E-state index < -0.39 is 45.8 Å². The Morgan fingerprint density at radius 1 is 1.20 bits per heavy atom. The van der Waals surface area contributed by atoms with Crippen molar-refractivity contribution >= 4 is 16.6 Å². The molecule has 25 heavy (non-hydrogen) atoms. The second-order valence-electron chi connectivity index (χ2n) is 5.23. The van der Waals surface area contributed by atoms with Crippen molar-refractivity contribution in [2.24, 2.45) is 7.05 Å². The number of pyridine rings is 1. The molecule has 5 nitrogen and oxygen atoms in total. The number of anilines is 1. The fraction of sp³-hybridized carbons (Fsp3) is 0.133. The molecule has 2 aromatic heterocycles. The Balaban J connectivity index is 2.27. The molecule has 2 N–H and O–H groups in total. The maximum absolute atomic E-state index is 14.3. The summed E-state index contributed by atoms with van der Waals surface area (Å²) in [6.45, 7) is 0. The van der Waals surface area contributed by atoms with Crippen LogP contribution < -0.4 is 11.3 Å². The van der Waals surface area contributed by atoms with Crippen molar-refractivity contribution in [2.45, 2.75) is 6.18 Å². The molecule has 0 unspecified atom stereocenters. The number of aryl methyl sites for hydroxylation is 1. The van der Waals surface area contributed by atoms with E-state index in [1.54, 1.807) is 0 Å². The van der Waals surface area contributed by atoms with Crippen molar-refractivity contribution in [3.8, 4) is 11.3 Å². The molecular weight excluding hydrogens is 347 g/mol. The van der Waals surface area contributed by atoms with Gasteiger partial charge < -0.3 is 10.3 Å². The molecule has 10 heteroatoms. The molecule has 3 aromatic rings. The first-order valence-corrected chi connectivity index (χ1v) is 6.78. The summed E-state index contributed by atoms with van der Waals surface area (Å²) in [6, 6.07) is 2.47. The fourth-order valence-corrected chi connectivity index (χ4v) is 2.37. The van der Waals surface area contributed by atoms with Crippen LogP contribution in [-0.4, -0.2) is 14.5 Å². The molecule has 0 aliphatic rings. The highest BCUT2D eigenvalue weighted by Gasteiger charge is 2.36. The summed E-state index contributed by atoms with van der Waals surface area (Å²) in [5, 5.41) is -0.406. The van der Waals surface area contributed by atoms with Crippen LogP contribution in [0, 0.1) is 11.6 Å². The molecule has 0 saturated heterocycles. The second-order valence-corrected chi connectivity index (χ2v) is 5.23. The van der Waals surface area contributed by atoms with Crippen LogP contribution in [0.3, 0.4) is 0 Å². The van der Waals surface area contributed by atoms with E-state index in [1.165, 1.54) is 19.3 Å². The SMILES string of the molecule is Cn1ccc2cc(-c3cnc(C(F)(F)F)c(N)n3)c(F)c(F)c2c1=O. The molecule has 2 heterocycles. The molecule has 0 spiro atoms. The van der Waals surface area contributed by atoms with Gasteiger partial charge in [0.25, 0.3) is 5.56 Å². The smallest absolute Gasteiger partial charge is 0.382 e. The summed E-state index contributed by atoms with van der Waals surface area (Å²) < 4.78 is 67.7. The summed E-state index contributed by atoms with van der Waals surface area (Å²) in [4.78, 5) is 18.5. The average molecular weight is 356 g/mol. The van der Waals surface area contributed by atoms with E-state index in [-0.39, 0.29) is 11.1 Å². The van der Waals surface area contributed by atoms with Gasteiger partial charge in [-0.3, -0.25) is 4.79 Å². The molecule has 0 atom stereocenters. The van der Waals surface area contributed by atoms with Gasteiger partial charge in [0.05, 0.1) is 17.3 Å². The van der Waals surface area contributed by atoms with Crippen molar-refractivity contribution < 1.29 is 22.0 Å². The summed E-state index contributed by atoms with van der Waals surface area (Å²) in [7, 11) is 1.37. The Labute approximate surface area is 136 Å². The third-order valence-electron chi connectivity index (χ3n) is 3.59. The Hall–Kier alpha value is -3.04. The van der Waals surface area contributed by atoms with E-state index in [0.29, 0.717) is 6.20 Å². The fourth-order valence-electron chi connectivity index (χ4n) is 2.37. The zero-order chi connectivity index (χ0) is 18.5. The minimum absolute atomic E-state index is 0.0669. The van der Waals surface area contributed by atoms with Crippen LogP contribution >= 0.6 is 0 Å². The number of benzene rings is 1. The number of alkyl halides is 3. The molecule has 3 rings (SSSR count). The summed E-state index contributed by atoms with van der Waals surface area (Å²) in [5.41, 5.74) is 2.21. The van der Waals surface area contributed by atoms with Gasteiger partial charge in [-0.15, -0.1) is 0 Å². The van der Waals surface area contributed by atoms with Crippen molar-refractivity contribution in [2.75, 3.05) is 5.73 Å². The lowest BCUT2D eigenvalue weighted by Gasteiger charge is -2.11. The minimum Gasteiger partial charge on any atom is -0.382 e. The van der Waals surface area contributed by atoms with Gasteiger partial charge in [0.15, 0.2) is 23.1 Å². The van der Waals surface area contributed by atoms with E-state index in [2.05, 4.69) is 9.97 Å². The molecule has 0 amide bonds. The standard InChI is InChI=1S/C15H9F5N4O/c1-24-3-2-6-4-7(10(16)11(17)9(6)14(24)25)8-5-22-12(13(21)23-8)15(18,19)20/h2-5H,1H3,(H2,21,23). The zero-order valence-electron chi connectivity index (χ0n) is 12.5. The van der Waals surface area contributed by atoms with Crippen LogP contribution in [0.2, 0.25) is 0 Å². The van der Waals surface area contributed by atoms with Crippen LogP contribution in [0.25, 0.3) is 22.0 Å². The second kappa shape index (κ2) is 5.50. The van der Waals surface area contributed by atoms with Crippen LogP contribution in [0.5, 0.6) is 0 Å². The van der Waals surface area contributed by atoms with Crippen molar-refractivity contribution in [3.05, 3.63) is 52.2 Å². The zero-order valence-corrected chi connectivity index (χ0v) is 12.5. The van der Waals surface area contributed by atoms with Gasteiger partial charge in [0.2, 0.25) is 0 Å². The number of hydrogen-bond donors (Lipinski definition) is 1. The lowest BCUT2D eigenvalue weighted by atomic mass is 10.0. The minimum atomic E-state index is -4.82. The Kier molecular flexibility index (Phi) is 3.70. The molecule has 0 bridgehead atoms. The van der Waals surface area contributed by atoms with E-state index in [9.17, 15) is 26.7 Å². The van der Waals surface area contributed by atoms with Crippen molar-refractivity contribution in [1.29, 1.82) is 0 Å². The van der Waals surface area contributed by atoms with Gasteiger partial charge in [-0.05, 0) is 17.5 Å². The summed E-state index contributed by atoms with van der Waals surface area (Å²) >= 11 is 0. The number of hydrogen-bond acceptors (Lipinski definition) is 4. The highest BCUT2D eigenvalue weighted by atomic mass is 19.4. The third-order valence-corrected chi connectivity index (χ3v) is 3.59. The van der Waals surface area contributed by atoms with Gasteiger partial charge in [-0.1, -0.05) is 0 Å². The summed E-state index contributed by atoms with van der Waals surface area (Å²) in [6.07, 6.45) is -2.84. The molecule has 130 valence electrons. The number of nitrogens with two attached hydrogens (primary N) is 1. The lowest BCUT2D eigenvalue weighted by molar-refractivity contribution is -0.140. The normalized spacial score (nSPS) is 11.9. The molecule has 1 aromatic carbocycles. The number of halogens is 5. The number of nitrogens with zero attached hydrogens (tertiary/aromatic N) is 3. The van der Waals surface area contributed by atoms with Crippen molar-refractivity contribution in [1.82, 2.24) is 14.5 Å². The highest BCUT2D eigenvalue weighted by molar-refractivity contribution is 5.87. The quantitative estimate of drug-likeness (QED) is 0.681. The van der Waals surface area contributed by atoms with E-state index in [0.717, 1.165) is 10.6 Å². The van der Waals surface area contributed by atoms with E-state index >= 15 is 0 Å². The maximum atomic E-state index is 14.3. The maximum Gasteiger partial charge on any atom is 0.437 e. The molecule has 0 radical (unpaired) electrons. The Morgan fingerprint density at radius 2 is 1.88 bits per heavy atom. The number of nitrogen functional groups attached to an aromatic ring is 1. The Bertz CT molecular complexity index is 1060. The number of aromatic nitrogens is 3.